The van der Waals surface area contributed by atoms with Crippen molar-refractivity contribution >= 4 is 27.4 Å². The quantitative estimate of drug-likeness (QED) is 0.755. The van der Waals surface area contributed by atoms with Crippen LogP contribution in [0.15, 0.2) is 54.6 Å². The van der Waals surface area contributed by atoms with E-state index in [4.69, 9.17) is 0 Å². The van der Waals surface area contributed by atoms with Crippen molar-refractivity contribution in [3.8, 4) is 0 Å². The minimum atomic E-state index is -3.69. The molecule has 0 spiro atoms. The first-order valence-electron chi connectivity index (χ1n) is 8.11. The molecule has 2 aromatic rings. The third-order valence-electron chi connectivity index (χ3n) is 3.91. The van der Waals surface area contributed by atoms with Gasteiger partial charge in [0.2, 0.25) is 15.9 Å². The summed E-state index contributed by atoms with van der Waals surface area (Å²) >= 11 is 0. The van der Waals surface area contributed by atoms with E-state index in [9.17, 15) is 18.0 Å². The lowest BCUT2D eigenvalue weighted by atomic mass is 10.1. The van der Waals surface area contributed by atoms with Gasteiger partial charge in [-0.3, -0.25) is 13.9 Å². The van der Waals surface area contributed by atoms with Crippen LogP contribution in [0.2, 0.25) is 0 Å². The standard InChI is InChI=1S/C19H22N2O4S/c1-14(16-8-5-4-6-9-16)20-19(23)13-21(26(3,24)25)18-11-7-10-17(12-18)15(2)22/h4-12,14H,13H2,1-3H3,(H,20,23)/t14-/m1/s1. The number of anilines is 1. The second-order valence-electron chi connectivity index (χ2n) is 6.08. The highest BCUT2D eigenvalue weighted by atomic mass is 32.2. The minimum absolute atomic E-state index is 0.178. The highest BCUT2D eigenvalue weighted by Crippen LogP contribution is 2.20. The van der Waals surface area contributed by atoms with Crippen molar-refractivity contribution in [3.05, 3.63) is 65.7 Å². The summed E-state index contributed by atoms with van der Waals surface area (Å²) < 4.78 is 25.3. The molecule has 0 fully saturated rings. The number of nitrogens with zero attached hydrogens (tertiary/aromatic N) is 1. The maximum Gasteiger partial charge on any atom is 0.241 e. The Balaban J connectivity index is 2.20. The summed E-state index contributed by atoms with van der Waals surface area (Å²) in [6.45, 7) is 2.86. The van der Waals surface area contributed by atoms with Crippen molar-refractivity contribution in [3.63, 3.8) is 0 Å². The number of benzene rings is 2. The molecule has 0 aromatic heterocycles. The summed E-state index contributed by atoms with van der Waals surface area (Å²) in [4.78, 5) is 23.9. The lowest BCUT2D eigenvalue weighted by molar-refractivity contribution is -0.120. The highest BCUT2D eigenvalue weighted by Gasteiger charge is 2.22. The van der Waals surface area contributed by atoms with E-state index < -0.39 is 15.9 Å². The molecular weight excluding hydrogens is 352 g/mol. The Labute approximate surface area is 153 Å². The number of hydrogen-bond acceptors (Lipinski definition) is 4. The molecule has 0 saturated heterocycles. The zero-order chi connectivity index (χ0) is 19.3. The number of Topliss-reactive ketones (excluding diaryl/α,β-unsaturated/α-hetero) is 1. The van der Waals surface area contributed by atoms with Crippen molar-refractivity contribution in [1.29, 1.82) is 0 Å². The molecule has 1 N–H and O–H groups in total. The molecule has 26 heavy (non-hydrogen) atoms. The van der Waals surface area contributed by atoms with Crippen LogP contribution in [0.4, 0.5) is 5.69 Å². The van der Waals surface area contributed by atoms with Crippen molar-refractivity contribution < 1.29 is 18.0 Å². The molecule has 0 aliphatic carbocycles. The highest BCUT2D eigenvalue weighted by molar-refractivity contribution is 7.92. The summed E-state index contributed by atoms with van der Waals surface area (Å²) in [5, 5.41) is 2.79. The smallest absolute Gasteiger partial charge is 0.241 e. The van der Waals surface area contributed by atoms with E-state index in [1.165, 1.54) is 13.0 Å². The summed E-state index contributed by atoms with van der Waals surface area (Å²) in [6, 6.07) is 15.4. The predicted octanol–water partition coefficient (Wildman–Crippen LogP) is 2.53. The Kier molecular flexibility index (Phi) is 6.15. The summed E-state index contributed by atoms with van der Waals surface area (Å²) in [7, 11) is -3.69. The first kappa shape index (κ1) is 19.7. The Morgan fingerprint density at radius 3 is 2.31 bits per heavy atom. The Hall–Kier alpha value is -2.67. The van der Waals surface area contributed by atoms with Crippen LogP contribution >= 0.6 is 0 Å². The minimum Gasteiger partial charge on any atom is -0.348 e. The SMILES string of the molecule is CC(=O)c1cccc(N(CC(=O)N[C@H](C)c2ccccc2)S(C)(=O)=O)c1. The van der Waals surface area contributed by atoms with Gasteiger partial charge in [-0.1, -0.05) is 42.5 Å². The fourth-order valence-corrected chi connectivity index (χ4v) is 3.37. The summed E-state index contributed by atoms with van der Waals surface area (Å²) in [5.74, 6) is -0.609. The second kappa shape index (κ2) is 8.14. The van der Waals surface area contributed by atoms with E-state index in [1.807, 2.05) is 37.3 Å². The number of nitrogens with one attached hydrogen (secondary N) is 1. The molecule has 1 amide bonds. The maximum atomic E-state index is 12.4. The van der Waals surface area contributed by atoms with Crippen LogP contribution in [-0.4, -0.2) is 32.9 Å². The van der Waals surface area contributed by atoms with E-state index >= 15 is 0 Å². The predicted molar refractivity (Wildman–Crippen MR) is 102 cm³/mol. The number of amides is 1. The first-order valence-corrected chi connectivity index (χ1v) is 9.96. The number of sulfonamides is 1. The molecule has 6 nitrogen and oxygen atoms in total. The van der Waals surface area contributed by atoms with Gasteiger partial charge in [-0.05, 0) is 31.5 Å². The number of hydrogen-bond donors (Lipinski definition) is 1. The molecule has 0 bridgehead atoms. The summed E-state index contributed by atoms with van der Waals surface area (Å²) in [5.41, 5.74) is 1.59. The normalized spacial score (nSPS) is 12.3. The summed E-state index contributed by atoms with van der Waals surface area (Å²) in [6.07, 6.45) is 1.03. The van der Waals surface area contributed by atoms with E-state index in [-0.39, 0.29) is 24.1 Å². The average Bonchev–Trinajstić information content (AvgIpc) is 2.59. The van der Waals surface area contributed by atoms with Crippen LogP contribution in [0.5, 0.6) is 0 Å². The molecule has 2 rings (SSSR count). The number of rotatable bonds is 7. The monoisotopic (exact) mass is 374 g/mol. The molecular formula is C19H22N2O4S. The van der Waals surface area contributed by atoms with Crippen LogP contribution in [0.1, 0.15) is 35.8 Å². The van der Waals surface area contributed by atoms with E-state index in [0.717, 1.165) is 16.1 Å². The third kappa shape index (κ3) is 5.16. The largest absolute Gasteiger partial charge is 0.348 e. The molecule has 0 saturated carbocycles. The molecule has 0 aliphatic rings. The molecule has 138 valence electrons. The Bertz CT molecular complexity index is 895. The number of carbonyl (C=O) groups is 2. The van der Waals surface area contributed by atoms with Crippen LogP contribution in [0, 0.1) is 0 Å². The van der Waals surface area contributed by atoms with Gasteiger partial charge in [-0.25, -0.2) is 8.42 Å². The van der Waals surface area contributed by atoms with Gasteiger partial charge in [0, 0.05) is 5.56 Å². The van der Waals surface area contributed by atoms with Crippen molar-refractivity contribution in [2.75, 3.05) is 17.1 Å². The van der Waals surface area contributed by atoms with Gasteiger partial charge in [-0.2, -0.15) is 0 Å². The first-order chi connectivity index (χ1) is 12.2. The van der Waals surface area contributed by atoms with Gasteiger partial charge in [0.15, 0.2) is 5.78 Å². The lowest BCUT2D eigenvalue weighted by Gasteiger charge is -2.23. The molecule has 0 radical (unpaired) electrons. The van der Waals surface area contributed by atoms with Gasteiger partial charge in [0.05, 0.1) is 18.0 Å². The van der Waals surface area contributed by atoms with Gasteiger partial charge < -0.3 is 5.32 Å². The number of ketones is 1. The fourth-order valence-electron chi connectivity index (χ4n) is 2.52. The molecule has 0 heterocycles. The van der Waals surface area contributed by atoms with Gasteiger partial charge in [0.25, 0.3) is 0 Å². The fraction of sp³-hybridized carbons (Fsp3) is 0.263. The van der Waals surface area contributed by atoms with Crippen molar-refractivity contribution in [2.45, 2.75) is 19.9 Å². The second-order valence-corrected chi connectivity index (χ2v) is 7.98. The number of carbonyl (C=O) groups excluding carboxylic acids is 2. The Morgan fingerprint density at radius 1 is 1.08 bits per heavy atom. The van der Waals surface area contributed by atoms with Gasteiger partial charge >= 0.3 is 0 Å². The van der Waals surface area contributed by atoms with Gasteiger partial charge in [0.1, 0.15) is 6.54 Å². The molecule has 2 aromatic carbocycles. The average molecular weight is 374 g/mol. The van der Waals surface area contributed by atoms with E-state index in [0.29, 0.717) is 5.56 Å². The zero-order valence-corrected chi connectivity index (χ0v) is 15.8. The van der Waals surface area contributed by atoms with Crippen LogP contribution < -0.4 is 9.62 Å². The van der Waals surface area contributed by atoms with Gasteiger partial charge in [-0.15, -0.1) is 0 Å². The zero-order valence-electron chi connectivity index (χ0n) is 15.0. The van der Waals surface area contributed by atoms with Crippen LogP contribution in [0.3, 0.4) is 0 Å². The molecule has 0 unspecified atom stereocenters. The van der Waals surface area contributed by atoms with Crippen LogP contribution in [-0.2, 0) is 14.8 Å². The Morgan fingerprint density at radius 2 is 1.73 bits per heavy atom. The molecule has 7 heteroatoms. The topological polar surface area (TPSA) is 83.6 Å². The molecule has 0 aliphatic heterocycles. The van der Waals surface area contributed by atoms with Crippen molar-refractivity contribution in [1.82, 2.24) is 5.32 Å². The van der Waals surface area contributed by atoms with E-state index in [1.54, 1.807) is 18.2 Å². The third-order valence-corrected chi connectivity index (χ3v) is 5.05. The van der Waals surface area contributed by atoms with E-state index in [2.05, 4.69) is 5.32 Å². The lowest BCUT2D eigenvalue weighted by Crippen LogP contribution is -2.41. The maximum absolute atomic E-state index is 12.4. The van der Waals surface area contributed by atoms with Crippen LogP contribution in [0.25, 0.3) is 0 Å². The molecule has 1 atom stereocenters. The van der Waals surface area contributed by atoms with Crippen molar-refractivity contribution in [2.24, 2.45) is 0 Å².